The van der Waals surface area contributed by atoms with E-state index < -0.39 is 5.97 Å². The maximum atomic E-state index is 11.5. The molecule has 0 spiro atoms. The number of benzene rings is 1. The van der Waals surface area contributed by atoms with Gasteiger partial charge in [-0.25, -0.2) is 0 Å². The quantitative estimate of drug-likeness (QED) is 0.905. The maximum Gasteiger partial charge on any atom is 0.307 e. The first-order valence-electron chi connectivity index (χ1n) is 6.90. The summed E-state index contributed by atoms with van der Waals surface area (Å²) in [5.41, 5.74) is 2.21. The summed E-state index contributed by atoms with van der Waals surface area (Å²) < 4.78 is 5.42. The number of aryl methyl sites for hydroxylation is 1. The number of carboxylic acid groups (broad SMARTS) is 1. The predicted molar refractivity (Wildman–Crippen MR) is 74.6 cm³/mol. The lowest BCUT2D eigenvalue weighted by Gasteiger charge is -2.33. The van der Waals surface area contributed by atoms with E-state index in [1.807, 2.05) is 19.1 Å². The largest absolute Gasteiger partial charge is 0.496 e. The highest BCUT2D eigenvalue weighted by atomic mass is 16.5. The molecule has 104 valence electrons. The van der Waals surface area contributed by atoms with Crippen LogP contribution < -0.4 is 4.74 Å². The van der Waals surface area contributed by atoms with E-state index in [1.165, 1.54) is 0 Å². The van der Waals surface area contributed by atoms with E-state index >= 15 is 0 Å². The van der Waals surface area contributed by atoms with Gasteiger partial charge in [-0.3, -0.25) is 4.79 Å². The molecule has 3 unspecified atom stereocenters. The van der Waals surface area contributed by atoms with E-state index in [9.17, 15) is 9.90 Å². The fraction of sp³-hybridized carbons (Fsp3) is 0.562. The van der Waals surface area contributed by atoms with Crippen LogP contribution in [-0.4, -0.2) is 18.2 Å². The molecule has 0 aromatic heterocycles. The Morgan fingerprint density at radius 2 is 2.11 bits per heavy atom. The van der Waals surface area contributed by atoms with Gasteiger partial charge in [0.15, 0.2) is 0 Å². The minimum atomic E-state index is -0.680. The summed E-state index contributed by atoms with van der Waals surface area (Å²) in [6, 6.07) is 6.03. The highest BCUT2D eigenvalue weighted by Gasteiger charge is 2.35. The van der Waals surface area contributed by atoms with Crippen molar-refractivity contribution in [2.45, 2.75) is 39.0 Å². The van der Waals surface area contributed by atoms with Crippen molar-refractivity contribution in [3.05, 3.63) is 29.3 Å². The summed E-state index contributed by atoms with van der Waals surface area (Å²) >= 11 is 0. The molecule has 3 nitrogen and oxygen atoms in total. The summed E-state index contributed by atoms with van der Waals surface area (Å²) in [6.07, 6.45) is 2.69. The van der Waals surface area contributed by atoms with E-state index in [1.54, 1.807) is 7.11 Å². The summed E-state index contributed by atoms with van der Waals surface area (Å²) in [5.74, 6) is 0.491. The fourth-order valence-corrected chi connectivity index (χ4v) is 3.16. The Morgan fingerprint density at radius 3 is 2.74 bits per heavy atom. The van der Waals surface area contributed by atoms with Crippen LogP contribution in [0.1, 0.15) is 43.2 Å². The minimum Gasteiger partial charge on any atom is -0.496 e. The highest BCUT2D eigenvalue weighted by Crippen LogP contribution is 2.43. The number of hydrogen-bond acceptors (Lipinski definition) is 2. The van der Waals surface area contributed by atoms with Crippen molar-refractivity contribution in [1.29, 1.82) is 0 Å². The molecule has 0 saturated heterocycles. The third-order valence-corrected chi connectivity index (χ3v) is 4.21. The lowest BCUT2D eigenvalue weighted by molar-refractivity contribution is -0.143. The summed E-state index contributed by atoms with van der Waals surface area (Å²) in [4.78, 5) is 11.5. The monoisotopic (exact) mass is 262 g/mol. The minimum absolute atomic E-state index is 0.0658. The Balaban J connectivity index is 2.40. The summed E-state index contributed by atoms with van der Waals surface area (Å²) in [5, 5.41) is 9.45. The van der Waals surface area contributed by atoms with Gasteiger partial charge >= 0.3 is 5.97 Å². The molecule has 1 aliphatic carbocycles. The predicted octanol–water partition coefficient (Wildman–Crippen LogP) is 3.61. The molecule has 0 radical (unpaired) electrons. The molecule has 19 heavy (non-hydrogen) atoms. The van der Waals surface area contributed by atoms with Gasteiger partial charge in [0.25, 0.3) is 0 Å². The normalized spacial score (nSPS) is 27.0. The smallest absolute Gasteiger partial charge is 0.307 e. The van der Waals surface area contributed by atoms with Crippen LogP contribution in [0.5, 0.6) is 5.75 Å². The van der Waals surface area contributed by atoms with Crippen LogP contribution in [0.2, 0.25) is 0 Å². The Hall–Kier alpha value is -1.51. The summed E-state index contributed by atoms with van der Waals surface area (Å²) in [7, 11) is 1.65. The molecule has 1 saturated carbocycles. The summed E-state index contributed by atoms with van der Waals surface area (Å²) in [6.45, 7) is 4.23. The fourth-order valence-electron chi connectivity index (χ4n) is 3.16. The Bertz CT molecular complexity index is 467. The lowest BCUT2D eigenvalue weighted by atomic mass is 9.71. The average molecular weight is 262 g/mol. The maximum absolute atomic E-state index is 11.5. The second kappa shape index (κ2) is 5.64. The molecular formula is C16H22O3. The van der Waals surface area contributed by atoms with Gasteiger partial charge in [-0.15, -0.1) is 0 Å². The van der Waals surface area contributed by atoms with Crippen LogP contribution in [0.25, 0.3) is 0 Å². The van der Waals surface area contributed by atoms with Gasteiger partial charge in [-0.1, -0.05) is 24.6 Å². The van der Waals surface area contributed by atoms with Crippen molar-refractivity contribution in [2.24, 2.45) is 11.8 Å². The molecule has 1 N–H and O–H groups in total. The van der Waals surface area contributed by atoms with Gasteiger partial charge in [-0.2, -0.15) is 0 Å². The van der Waals surface area contributed by atoms with Crippen molar-refractivity contribution in [3.8, 4) is 5.75 Å². The van der Waals surface area contributed by atoms with Gasteiger partial charge in [0.05, 0.1) is 13.0 Å². The third-order valence-electron chi connectivity index (χ3n) is 4.21. The standard InChI is InChI=1S/C16H22O3/c1-10-4-6-12(16(17)18)13(8-10)14-9-11(2)5-7-15(14)19-3/h5,7,9-10,12-13H,4,6,8H2,1-3H3,(H,17,18). The molecule has 1 aromatic rings. The molecule has 1 aromatic carbocycles. The van der Waals surface area contributed by atoms with Gasteiger partial charge in [0.1, 0.15) is 5.75 Å². The molecule has 0 heterocycles. The molecule has 1 fully saturated rings. The first-order valence-corrected chi connectivity index (χ1v) is 6.90. The highest BCUT2D eigenvalue weighted by molar-refractivity contribution is 5.72. The molecule has 0 amide bonds. The van der Waals surface area contributed by atoms with Crippen LogP contribution >= 0.6 is 0 Å². The molecule has 1 aliphatic rings. The molecule has 0 aliphatic heterocycles. The Kier molecular flexibility index (Phi) is 4.13. The Labute approximate surface area is 114 Å². The molecule has 0 bridgehead atoms. The Morgan fingerprint density at radius 1 is 1.37 bits per heavy atom. The van der Waals surface area contributed by atoms with Crippen molar-refractivity contribution >= 4 is 5.97 Å². The van der Waals surface area contributed by atoms with Gasteiger partial charge in [0, 0.05) is 5.92 Å². The van der Waals surface area contributed by atoms with E-state index in [0.29, 0.717) is 5.92 Å². The van der Waals surface area contributed by atoms with Crippen molar-refractivity contribution < 1.29 is 14.6 Å². The zero-order valence-corrected chi connectivity index (χ0v) is 11.8. The van der Waals surface area contributed by atoms with E-state index in [0.717, 1.165) is 36.1 Å². The number of hydrogen-bond donors (Lipinski definition) is 1. The van der Waals surface area contributed by atoms with Gasteiger partial charge in [-0.05, 0) is 43.7 Å². The molecule has 2 rings (SSSR count). The molecule has 3 heteroatoms. The van der Waals surface area contributed by atoms with E-state index in [-0.39, 0.29) is 11.8 Å². The zero-order chi connectivity index (χ0) is 14.0. The zero-order valence-electron chi connectivity index (χ0n) is 11.8. The van der Waals surface area contributed by atoms with Crippen molar-refractivity contribution in [3.63, 3.8) is 0 Å². The number of methoxy groups -OCH3 is 1. The van der Waals surface area contributed by atoms with Crippen LogP contribution in [0.4, 0.5) is 0 Å². The SMILES string of the molecule is COc1ccc(C)cc1C1CC(C)CCC1C(=O)O. The van der Waals surface area contributed by atoms with E-state index in [2.05, 4.69) is 13.0 Å². The second-order valence-electron chi connectivity index (χ2n) is 5.71. The van der Waals surface area contributed by atoms with Crippen LogP contribution in [0, 0.1) is 18.8 Å². The van der Waals surface area contributed by atoms with Crippen LogP contribution in [-0.2, 0) is 4.79 Å². The molecular weight excluding hydrogens is 240 g/mol. The van der Waals surface area contributed by atoms with E-state index in [4.69, 9.17) is 4.74 Å². The first kappa shape index (κ1) is 13.9. The number of aliphatic carboxylic acids is 1. The van der Waals surface area contributed by atoms with Gasteiger partial charge in [0.2, 0.25) is 0 Å². The van der Waals surface area contributed by atoms with Gasteiger partial charge < -0.3 is 9.84 Å². The number of ether oxygens (including phenoxy) is 1. The topological polar surface area (TPSA) is 46.5 Å². The average Bonchev–Trinajstić information content (AvgIpc) is 2.38. The van der Waals surface area contributed by atoms with Crippen LogP contribution in [0.3, 0.4) is 0 Å². The number of rotatable bonds is 3. The third kappa shape index (κ3) is 2.91. The number of carboxylic acids is 1. The van der Waals surface area contributed by atoms with Crippen molar-refractivity contribution in [1.82, 2.24) is 0 Å². The lowest BCUT2D eigenvalue weighted by Crippen LogP contribution is -2.28. The van der Waals surface area contributed by atoms with Crippen molar-refractivity contribution in [2.75, 3.05) is 7.11 Å². The van der Waals surface area contributed by atoms with Crippen LogP contribution in [0.15, 0.2) is 18.2 Å². The molecule has 3 atom stereocenters. The second-order valence-corrected chi connectivity index (χ2v) is 5.71. The first-order chi connectivity index (χ1) is 9.02. The number of carbonyl (C=O) groups is 1.